The fraction of sp³-hybridized carbons (Fsp3) is 0.333. The van der Waals surface area contributed by atoms with E-state index >= 15 is 0 Å². The van der Waals surface area contributed by atoms with E-state index in [1.165, 1.54) is 0 Å². The summed E-state index contributed by atoms with van der Waals surface area (Å²) in [7, 11) is 1.91. The minimum Gasteiger partial charge on any atom is -0.490 e. The predicted octanol–water partition coefficient (Wildman–Crippen LogP) is 4.08. The first-order valence-corrected chi connectivity index (χ1v) is 10.9. The predicted molar refractivity (Wildman–Crippen MR) is 124 cm³/mol. The topological polar surface area (TPSA) is 87.0 Å². The first-order chi connectivity index (χ1) is 15.7. The third-order valence-electron chi connectivity index (χ3n) is 5.57. The van der Waals surface area contributed by atoms with Crippen LogP contribution in [-0.4, -0.2) is 50.6 Å². The van der Waals surface area contributed by atoms with Gasteiger partial charge in [-0.15, -0.1) is 0 Å². The summed E-state index contributed by atoms with van der Waals surface area (Å²) in [5.41, 5.74) is 5.01. The summed E-state index contributed by atoms with van der Waals surface area (Å²) < 4.78 is 13.2. The molecule has 1 N–H and O–H groups in total. The van der Waals surface area contributed by atoms with Crippen LogP contribution in [0.5, 0.6) is 5.75 Å². The van der Waals surface area contributed by atoms with E-state index in [9.17, 15) is 0 Å². The van der Waals surface area contributed by atoms with E-state index < -0.39 is 0 Å². The number of aromatic nitrogens is 5. The Labute approximate surface area is 186 Å². The molecule has 3 aromatic heterocycles. The van der Waals surface area contributed by atoms with E-state index in [-0.39, 0.29) is 0 Å². The van der Waals surface area contributed by atoms with Crippen molar-refractivity contribution in [3.63, 3.8) is 0 Å². The fourth-order valence-corrected chi connectivity index (χ4v) is 4.04. The van der Waals surface area contributed by atoms with Crippen LogP contribution in [0.3, 0.4) is 0 Å². The molecule has 1 fully saturated rings. The van der Waals surface area contributed by atoms with Gasteiger partial charge in [-0.2, -0.15) is 5.10 Å². The van der Waals surface area contributed by atoms with Gasteiger partial charge < -0.3 is 14.8 Å². The van der Waals surface area contributed by atoms with Gasteiger partial charge in [0.2, 0.25) is 0 Å². The first-order valence-electron chi connectivity index (χ1n) is 10.9. The average molecular weight is 431 g/mol. The molecule has 164 valence electrons. The maximum atomic E-state index is 5.90. The largest absolute Gasteiger partial charge is 0.490 e. The second kappa shape index (κ2) is 8.92. The average Bonchev–Trinajstić information content (AvgIpc) is 3.22. The van der Waals surface area contributed by atoms with Gasteiger partial charge in [0.1, 0.15) is 23.2 Å². The fourth-order valence-electron chi connectivity index (χ4n) is 4.04. The molecule has 1 aliphatic rings. The summed E-state index contributed by atoms with van der Waals surface area (Å²) >= 11 is 0. The van der Waals surface area contributed by atoms with Crippen molar-refractivity contribution in [1.82, 2.24) is 24.7 Å². The molecule has 5 rings (SSSR count). The van der Waals surface area contributed by atoms with E-state index in [1.54, 1.807) is 11.0 Å². The van der Waals surface area contributed by atoms with Crippen LogP contribution < -0.4 is 10.1 Å². The van der Waals surface area contributed by atoms with Crippen LogP contribution in [0.15, 0.2) is 48.9 Å². The molecule has 0 unspecified atom stereocenters. The van der Waals surface area contributed by atoms with Crippen molar-refractivity contribution in [2.24, 2.45) is 7.05 Å². The lowest BCUT2D eigenvalue weighted by Gasteiger charge is -2.24. The van der Waals surface area contributed by atoms with E-state index in [0.717, 1.165) is 59.6 Å². The number of rotatable bonds is 6. The maximum Gasteiger partial charge on any atom is 0.169 e. The summed E-state index contributed by atoms with van der Waals surface area (Å²) in [6.07, 6.45) is 5.42. The molecule has 32 heavy (non-hydrogen) atoms. The van der Waals surface area contributed by atoms with Crippen molar-refractivity contribution in [3.8, 4) is 28.3 Å². The molecule has 1 saturated heterocycles. The van der Waals surface area contributed by atoms with Crippen LogP contribution >= 0.6 is 0 Å². The molecule has 0 spiro atoms. The van der Waals surface area contributed by atoms with Gasteiger partial charge in [-0.3, -0.25) is 4.68 Å². The van der Waals surface area contributed by atoms with E-state index in [0.29, 0.717) is 24.2 Å². The van der Waals surface area contributed by atoms with Gasteiger partial charge in [0.25, 0.3) is 0 Å². The van der Waals surface area contributed by atoms with Crippen molar-refractivity contribution >= 4 is 16.9 Å². The van der Waals surface area contributed by atoms with Gasteiger partial charge >= 0.3 is 0 Å². The second-order valence-electron chi connectivity index (χ2n) is 7.82. The molecule has 4 aromatic rings. The highest BCUT2D eigenvalue weighted by Crippen LogP contribution is 2.35. The Balaban J connectivity index is 1.64. The van der Waals surface area contributed by atoms with Crippen LogP contribution in [0, 0.1) is 0 Å². The maximum absolute atomic E-state index is 5.90. The van der Waals surface area contributed by atoms with Crippen LogP contribution in [0.2, 0.25) is 0 Å². The summed E-state index contributed by atoms with van der Waals surface area (Å²) in [5.74, 6) is 1.41. The standard InChI is InChI=1S/C24H26N6O2/c1-3-32-20-13-19-23(28-24(20)27-17-9-11-31-12-10-17)22(26-15-25-19)18-14-30(2)29-21(18)16-7-5-4-6-8-16/h4-8,13-15,17H,3,9-12H2,1-2H3,(H,27,28). The van der Waals surface area contributed by atoms with Gasteiger partial charge in [0.15, 0.2) is 11.6 Å². The molecule has 1 aromatic carbocycles. The molecular weight excluding hydrogens is 404 g/mol. The third kappa shape index (κ3) is 4.01. The molecule has 0 amide bonds. The van der Waals surface area contributed by atoms with Gasteiger partial charge in [-0.05, 0) is 19.8 Å². The van der Waals surface area contributed by atoms with Crippen molar-refractivity contribution < 1.29 is 9.47 Å². The van der Waals surface area contributed by atoms with Gasteiger partial charge in [0.05, 0.1) is 12.1 Å². The third-order valence-corrected chi connectivity index (χ3v) is 5.57. The van der Waals surface area contributed by atoms with Crippen LogP contribution in [0.4, 0.5) is 5.82 Å². The van der Waals surface area contributed by atoms with Gasteiger partial charge in [-0.1, -0.05) is 30.3 Å². The molecule has 4 heterocycles. The zero-order chi connectivity index (χ0) is 21.9. The summed E-state index contributed by atoms with van der Waals surface area (Å²) in [6.45, 7) is 4.02. The second-order valence-corrected chi connectivity index (χ2v) is 7.82. The van der Waals surface area contributed by atoms with Gasteiger partial charge in [-0.25, -0.2) is 15.0 Å². The van der Waals surface area contributed by atoms with Crippen molar-refractivity contribution in [1.29, 1.82) is 0 Å². The minimum atomic E-state index is 0.291. The zero-order valence-electron chi connectivity index (χ0n) is 18.3. The number of aryl methyl sites for hydroxylation is 1. The number of benzene rings is 1. The van der Waals surface area contributed by atoms with Crippen molar-refractivity contribution in [3.05, 3.63) is 48.9 Å². The molecule has 8 heteroatoms. The monoisotopic (exact) mass is 430 g/mol. The Morgan fingerprint density at radius 2 is 1.94 bits per heavy atom. The molecule has 8 nitrogen and oxygen atoms in total. The SMILES string of the molecule is CCOc1cc2ncnc(-c3cn(C)nc3-c3ccccc3)c2nc1NC1CCOCC1. The molecule has 0 bridgehead atoms. The summed E-state index contributed by atoms with van der Waals surface area (Å²) in [6, 6.07) is 12.3. The minimum absolute atomic E-state index is 0.291. The highest BCUT2D eigenvalue weighted by molar-refractivity contribution is 5.94. The molecule has 1 aliphatic heterocycles. The number of ether oxygens (including phenoxy) is 2. The summed E-state index contributed by atoms with van der Waals surface area (Å²) in [5, 5.41) is 8.27. The number of fused-ring (bicyclic) bond motifs is 1. The Morgan fingerprint density at radius 3 is 2.72 bits per heavy atom. The lowest BCUT2D eigenvalue weighted by Crippen LogP contribution is -2.28. The van der Waals surface area contributed by atoms with Crippen LogP contribution in [-0.2, 0) is 11.8 Å². The number of hydrogen-bond acceptors (Lipinski definition) is 7. The zero-order valence-corrected chi connectivity index (χ0v) is 18.3. The lowest BCUT2D eigenvalue weighted by molar-refractivity contribution is 0.0903. The quantitative estimate of drug-likeness (QED) is 0.493. The van der Waals surface area contributed by atoms with E-state index in [4.69, 9.17) is 19.6 Å². The normalized spacial score (nSPS) is 14.6. The Bertz CT molecular complexity index is 1220. The molecule has 0 aliphatic carbocycles. The molecular formula is C24H26N6O2. The van der Waals surface area contributed by atoms with Crippen LogP contribution in [0.25, 0.3) is 33.5 Å². The Morgan fingerprint density at radius 1 is 1.12 bits per heavy atom. The van der Waals surface area contributed by atoms with Gasteiger partial charge in [0, 0.05) is 49.7 Å². The number of nitrogens with zero attached hydrogens (tertiary/aromatic N) is 5. The molecule has 0 radical (unpaired) electrons. The number of nitrogens with one attached hydrogen (secondary N) is 1. The number of hydrogen-bond donors (Lipinski definition) is 1. The lowest BCUT2D eigenvalue weighted by atomic mass is 10.0. The van der Waals surface area contributed by atoms with E-state index in [1.807, 2.05) is 56.6 Å². The highest BCUT2D eigenvalue weighted by Gasteiger charge is 2.21. The Hall–Kier alpha value is -3.52. The van der Waals surface area contributed by atoms with Crippen LogP contribution in [0.1, 0.15) is 19.8 Å². The Kier molecular flexibility index (Phi) is 5.68. The number of anilines is 1. The van der Waals surface area contributed by atoms with Crippen molar-refractivity contribution in [2.75, 3.05) is 25.1 Å². The van der Waals surface area contributed by atoms with E-state index in [2.05, 4.69) is 15.3 Å². The molecule has 0 saturated carbocycles. The number of pyridine rings is 1. The highest BCUT2D eigenvalue weighted by atomic mass is 16.5. The smallest absolute Gasteiger partial charge is 0.169 e. The van der Waals surface area contributed by atoms with Crippen molar-refractivity contribution in [2.45, 2.75) is 25.8 Å². The summed E-state index contributed by atoms with van der Waals surface area (Å²) in [4.78, 5) is 14.1. The first kappa shape index (κ1) is 20.4. The molecule has 0 atom stereocenters.